The monoisotopic (exact) mass is 530 g/mol. The second-order valence-corrected chi connectivity index (χ2v) is 13.8. The topological polar surface area (TPSA) is 78.4 Å². The van der Waals surface area contributed by atoms with Crippen molar-refractivity contribution < 1.29 is 18.4 Å². The molecule has 0 atom stereocenters. The lowest BCUT2D eigenvalue weighted by Gasteiger charge is -2.19. The van der Waals surface area contributed by atoms with Gasteiger partial charge in [0.05, 0.1) is 10.4 Å². The molecule has 5 rings (SSSR count). The predicted octanol–water partition coefficient (Wildman–Crippen LogP) is 8.91. The summed E-state index contributed by atoms with van der Waals surface area (Å²) >= 11 is 1.36. The minimum Gasteiger partial charge on any atom is -0.456 e. The number of thiophene rings is 1. The lowest BCUT2D eigenvalue weighted by molar-refractivity contribution is 0.00707. The number of esters is 1. The molecule has 3 heterocycles. The van der Waals surface area contributed by atoms with Crippen molar-refractivity contribution in [1.29, 1.82) is 0 Å². The van der Waals surface area contributed by atoms with Crippen molar-refractivity contribution in [2.45, 2.75) is 78.7 Å². The molecule has 0 unspecified atom stereocenters. The first-order chi connectivity index (χ1) is 17.6. The van der Waals surface area contributed by atoms with Crippen molar-refractivity contribution in [2.75, 3.05) is 0 Å². The minimum atomic E-state index is -0.652. The first-order valence-corrected chi connectivity index (χ1v) is 13.6. The SMILES string of the molecule is CC(C)(C)OC(=O)c1cc(-c2nc3cc(C(C)(C)C)ccc3o2)sc1-c1nc2cc(C(C)(C)C)ccc2o1. The van der Waals surface area contributed by atoms with Gasteiger partial charge in [0.15, 0.2) is 11.2 Å². The molecule has 38 heavy (non-hydrogen) atoms. The second-order valence-electron chi connectivity index (χ2n) is 12.8. The molecule has 7 heteroatoms. The molecule has 0 radical (unpaired) electrons. The Kier molecular flexibility index (Phi) is 6.06. The fraction of sp³-hybridized carbons (Fsp3) is 0.387. The number of fused-ring (bicyclic) bond motifs is 2. The molecule has 0 aliphatic carbocycles. The largest absolute Gasteiger partial charge is 0.456 e. The van der Waals surface area contributed by atoms with Crippen LogP contribution < -0.4 is 0 Å². The fourth-order valence-corrected chi connectivity index (χ4v) is 5.13. The van der Waals surface area contributed by atoms with Gasteiger partial charge in [-0.3, -0.25) is 0 Å². The molecular weight excluding hydrogens is 496 g/mol. The van der Waals surface area contributed by atoms with Crippen LogP contribution in [0.15, 0.2) is 51.3 Å². The van der Waals surface area contributed by atoms with Gasteiger partial charge in [-0.15, -0.1) is 11.3 Å². The molecule has 0 bridgehead atoms. The molecule has 5 aromatic rings. The standard InChI is InChI=1S/C31H34N2O4S/c1-29(2,3)17-10-12-22-20(14-17)32-26(35-22)24-16-19(28(34)37-31(7,8)9)25(38-24)27-33-21-15-18(30(4,5)6)11-13-23(21)36-27/h10-16H,1-9H3. The average molecular weight is 531 g/mol. The fourth-order valence-electron chi connectivity index (χ4n) is 4.13. The summed E-state index contributed by atoms with van der Waals surface area (Å²) in [4.78, 5) is 24.1. The Bertz CT molecular complexity index is 1670. The third-order valence-corrected chi connectivity index (χ3v) is 7.37. The van der Waals surface area contributed by atoms with E-state index < -0.39 is 11.6 Å². The smallest absolute Gasteiger partial charge is 0.340 e. The highest BCUT2D eigenvalue weighted by Gasteiger charge is 2.28. The van der Waals surface area contributed by atoms with E-state index in [-0.39, 0.29) is 10.8 Å². The molecule has 0 saturated heterocycles. The van der Waals surface area contributed by atoms with E-state index in [2.05, 4.69) is 59.7 Å². The number of aromatic nitrogens is 2. The molecule has 6 nitrogen and oxygen atoms in total. The van der Waals surface area contributed by atoms with Gasteiger partial charge in [0.1, 0.15) is 21.5 Å². The van der Waals surface area contributed by atoms with Crippen molar-refractivity contribution >= 4 is 39.5 Å². The van der Waals surface area contributed by atoms with Crippen molar-refractivity contribution in [2.24, 2.45) is 0 Å². The van der Waals surface area contributed by atoms with Gasteiger partial charge in [-0.1, -0.05) is 53.7 Å². The van der Waals surface area contributed by atoms with Gasteiger partial charge in [0, 0.05) is 0 Å². The van der Waals surface area contributed by atoms with E-state index >= 15 is 0 Å². The number of carbonyl (C=O) groups excluding carboxylic acids is 1. The number of nitrogens with zero attached hydrogens (tertiary/aromatic N) is 2. The van der Waals surface area contributed by atoms with Crippen LogP contribution in [0.2, 0.25) is 0 Å². The molecular formula is C31H34N2O4S. The highest BCUT2D eigenvalue weighted by molar-refractivity contribution is 7.19. The van der Waals surface area contributed by atoms with Crippen LogP contribution in [0.1, 0.15) is 83.8 Å². The zero-order valence-electron chi connectivity index (χ0n) is 23.5. The van der Waals surface area contributed by atoms with Crippen molar-refractivity contribution in [3.8, 4) is 21.5 Å². The Labute approximate surface area is 227 Å². The maximum Gasteiger partial charge on any atom is 0.340 e. The van der Waals surface area contributed by atoms with Crippen LogP contribution in [0.5, 0.6) is 0 Å². The quantitative estimate of drug-likeness (QED) is 0.217. The Morgan fingerprint density at radius 1 is 0.737 bits per heavy atom. The predicted molar refractivity (Wildman–Crippen MR) is 153 cm³/mol. The van der Waals surface area contributed by atoms with Crippen molar-refractivity contribution in [3.63, 3.8) is 0 Å². The molecule has 0 saturated carbocycles. The summed E-state index contributed by atoms with van der Waals surface area (Å²) in [5.41, 5.74) is 4.90. The first kappa shape index (κ1) is 26.2. The molecule has 0 N–H and O–H groups in total. The highest BCUT2D eigenvalue weighted by Crippen LogP contribution is 2.41. The first-order valence-electron chi connectivity index (χ1n) is 12.8. The maximum absolute atomic E-state index is 13.3. The lowest BCUT2D eigenvalue weighted by Crippen LogP contribution is -2.23. The normalized spacial score (nSPS) is 13.0. The summed E-state index contributed by atoms with van der Waals surface area (Å²) in [6.07, 6.45) is 0. The van der Waals surface area contributed by atoms with Gasteiger partial charge < -0.3 is 13.6 Å². The molecule has 0 fully saturated rings. The maximum atomic E-state index is 13.3. The van der Waals surface area contributed by atoms with Gasteiger partial charge in [0.2, 0.25) is 11.8 Å². The number of ether oxygens (including phenoxy) is 1. The van der Waals surface area contributed by atoms with Crippen LogP contribution in [-0.2, 0) is 15.6 Å². The van der Waals surface area contributed by atoms with E-state index in [1.807, 2.05) is 39.0 Å². The van der Waals surface area contributed by atoms with E-state index in [0.29, 0.717) is 38.3 Å². The third kappa shape index (κ3) is 5.12. The Balaban J connectivity index is 1.63. The van der Waals surface area contributed by atoms with Crippen LogP contribution in [0.3, 0.4) is 0 Å². The van der Waals surface area contributed by atoms with Crippen LogP contribution in [-0.4, -0.2) is 21.5 Å². The van der Waals surface area contributed by atoms with E-state index in [4.69, 9.17) is 23.5 Å². The summed E-state index contributed by atoms with van der Waals surface area (Å²) in [5.74, 6) is 0.367. The minimum absolute atomic E-state index is 0.00684. The lowest BCUT2D eigenvalue weighted by atomic mass is 9.87. The summed E-state index contributed by atoms with van der Waals surface area (Å²) < 4.78 is 18.0. The summed E-state index contributed by atoms with van der Waals surface area (Å²) in [6.45, 7) is 18.5. The Morgan fingerprint density at radius 2 is 1.24 bits per heavy atom. The summed E-state index contributed by atoms with van der Waals surface area (Å²) in [5, 5.41) is 0. The number of oxazole rings is 2. The van der Waals surface area contributed by atoms with Crippen molar-refractivity contribution in [1.82, 2.24) is 9.97 Å². The summed E-state index contributed by atoms with van der Waals surface area (Å²) in [6, 6.07) is 13.9. The Morgan fingerprint density at radius 3 is 1.74 bits per heavy atom. The third-order valence-electron chi connectivity index (χ3n) is 6.26. The highest BCUT2D eigenvalue weighted by atomic mass is 32.1. The zero-order chi connectivity index (χ0) is 27.6. The number of benzene rings is 2. The van der Waals surface area contributed by atoms with Crippen LogP contribution in [0, 0.1) is 0 Å². The van der Waals surface area contributed by atoms with E-state index in [1.165, 1.54) is 16.9 Å². The Hall–Kier alpha value is -3.45. The number of hydrogen-bond donors (Lipinski definition) is 0. The molecule has 0 aliphatic rings. The van der Waals surface area contributed by atoms with Gasteiger partial charge in [-0.05, 0) is 73.1 Å². The molecule has 0 spiro atoms. The molecule has 0 amide bonds. The molecule has 0 aliphatic heterocycles. The number of rotatable bonds is 3. The van der Waals surface area contributed by atoms with Gasteiger partial charge in [-0.2, -0.15) is 0 Å². The van der Waals surface area contributed by atoms with Gasteiger partial charge in [0.25, 0.3) is 0 Å². The average Bonchev–Trinajstić information content (AvgIpc) is 3.50. The van der Waals surface area contributed by atoms with Crippen molar-refractivity contribution in [3.05, 3.63) is 59.2 Å². The van der Waals surface area contributed by atoms with E-state index in [9.17, 15) is 4.79 Å². The molecule has 198 valence electrons. The van der Waals surface area contributed by atoms with Crippen LogP contribution in [0.4, 0.5) is 0 Å². The molecule has 2 aromatic carbocycles. The van der Waals surface area contributed by atoms with Gasteiger partial charge >= 0.3 is 5.97 Å². The van der Waals surface area contributed by atoms with E-state index in [1.54, 1.807) is 6.07 Å². The zero-order valence-corrected chi connectivity index (χ0v) is 24.3. The van der Waals surface area contributed by atoms with Crippen LogP contribution >= 0.6 is 11.3 Å². The van der Waals surface area contributed by atoms with E-state index in [0.717, 1.165) is 16.6 Å². The summed E-state index contributed by atoms with van der Waals surface area (Å²) in [7, 11) is 0. The van der Waals surface area contributed by atoms with Gasteiger partial charge in [-0.25, -0.2) is 14.8 Å². The second kappa shape index (κ2) is 8.80. The van der Waals surface area contributed by atoms with Crippen LogP contribution in [0.25, 0.3) is 43.7 Å². The number of carbonyl (C=O) groups is 1. The molecule has 3 aromatic heterocycles. The number of hydrogen-bond acceptors (Lipinski definition) is 7.